The van der Waals surface area contributed by atoms with Crippen molar-refractivity contribution >= 4 is 11.6 Å². The molecule has 0 amide bonds. The average Bonchev–Trinajstić information content (AvgIpc) is 2.41. The molecule has 19 heavy (non-hydrogen) atoms. The fraction of sp³-hybridized carbons (Fsp3) is 0.133. The second-order valence-electron chi connectivity index (χ2n) is 3.93. The van der Waals surface area contributed by atoms with E-state index in [1.807, 2.05) is 6.92 Å². The molecule has 0 spiro atoms. The molecule has 4 heteroatoms. The van der Waals surface area contributed by atoms with Crippen LogP contribution in [-0.2, 0) is 6.42 Å². The molecule has 0 fully saturated rings. The van der Waals surface area contributed by atoms with E-state index in [9.17, 15) is 4.39 Å². The lowest BCUT2D eigenvalue weighted by Crippen LogP contribution is -1.92. The molecule has 0 N–H and O–H groups in total. The van der Waals surface area contributed by atoms with Crippen LogP contribution in [0.4, 0.5) is 4.39 Å². The summed E-state index contributed by atoms with van der Waals surface area (Å²) in [5.74, 6) is 0.139. The van der Waals surface area contributed by atoms with Gasteiger partial charge < -0.3 is 4.74 Å². The van der Waals surface area contributed by atoms with E-state index in [1.54, 1.807) is 30.3 Å². The number of benzene rings is 2. The van der Waals surface area contributed by atoms with Crippen molar-refractivity contribution < 1.29 is 9.13 Å². The van der Waals surface area contributed by atoms with Crippen molar-refractivity contribution in [3.63, 3.8) is 0 Å². The van der Waals surface area contributed by atoms with Crippen LogP contribution in [0.25, 0.3) is 0 Å². The van der Waals surface area contributed by atoms with Crippen LogP contribution in [-0.4, -0.2) is 0 Å². The Morgan fingerprint density at radius 2 is 2.11 bits per heavy atom. The van der Waals surface area contributed by atoms with Crippen molar-refractivity contribution in [2.45, 2.75) is 13.3 Å². The normalized spacial score (nSPS) is 10.0. The number of hydrogen-bond acceptors (Lipinski definition) is 2. The molecule has 0 atom stereocenters. The maximum Gasteiger partial charge on any atom is 0.148 e. The van der Waals surface area contributed by atoms with E-state index >= 15 is 0 Å². The van der Waals surface area contributed by atoms with Gasteiger partial charge in [0.2, 0.25) is 0 Å². The Kier molecular flexibility index (Phi) is 4.03. The first-order valence-corrected chi connectivity index (χ1v) is 6.18. The SMILES string of the molecule is CCc1cc(Oc2cccc(F)c2C#N)ccc1Cl. The highest BCUT2D eigenvalue weighted by Crippen LogP contribution is 2.29. The van der Waals surface area contributed by atoms with E-state index in [4.69, 9.17) is 21.6 Å². The minimum Gasteiger partial charge on any atom is -0.456 e. The molecule has 96 valence electrons. The minimum atomic E-state index is -0.593. The van der Waals surface area contributed by atoms with Gasteiger partial charge in [0.05, 0.1) is 0 Å². The van der Waals surface area contributed by atoms with Crippen molar-refractivity contribution in [1.82, 2.24) is 0 Å². The highest BCUT2D eigenvalue weighted by molar-refractivity contribution is 6.31. The summed E-state index contributed by atoms with van der Waals surface area (Å²) in [6.45, 7) is 1.98. The van der Waals surface area contributed by atoms with E-state index in [-0.39, 0.29) is 11.3 Å². The van der Waals surface area contributed by atoms with Gasteiger partial charge in [-0.25, -0.2) is 4.39 Å². The molecule has 0 radical (unpaired) electrons. The van der Waals surface area contributed by atoms with Crippen molar-refractivity contribution in [2.75, 3.05) is 0 Å². The Bertz CT molecular complexity index is 649. The predicted octanol–water partition coefficient (Wildman–Crippen LogP) is 4.71. The van der Waals surface area contributed by atoms with Gasteiger partial charge in [-0.1, -0.05) is 24.6 Å². The Labute approximate surface area is 116 Å². The third-order valence-corrected chi connectivity index (χ3v) is 3.08. The van der Waals surface area contributed by atoms with Crippen LogP contribution in [0.1, 0.15) is 18.1 Å². The number of nitrogens with zero attached hydrogens (tertiary/aromatic N) is 1. The van der Waals surface area contributed by atoms with Gasteiger partial charge in [0, 0.05) is 5.02 Å². The van der Waals surface area contributed by atoms with Gasteiger partial charge in [0.25, 0.3) is 0 Å². The van der Waals surface area contributed by atoms with Crippen molar-refractivity contribution in [3.05, 3.63) is 58.4 Å². The van der Waals surface area contributed by atoms with Gasteiger partial charge in [-0.05, 0) is 42.3 Å². The third-order valence-electron chi connectivity index (χ3n) is 2.71. The molecule has 0 heterocycles. The van der Waals surface area contributed by atoms with E-state index in [2.05, 4.69) is 0 Å². The summed E-state index contributed by atoms with van der Waals surface area (Å²) in [5, 5.41) is 9.59. The summed E-state index contributed by atoms with van der Waals surface area (Å²) in [5.41, 5.74) is 0.838. The van der Waals surface area contributed by atoms with Gasteiger partial charge in [-0.3, -0.25) is 0 Å². The molecule has 0 aromatic heterocycles. The van der Waals surface area contributed by atoms with Gasteiger partial charge in [-0.15, -0.1) is 0 Å². The zero-order chi connectivity index (χ0) is 13.8. The molecule has 0 saturated carbocycles. The first kappa shape index (κ1) is 13.4. The maximum atomic E-state index is 13.4. The molecule has 0 aliphatic rings. The third kappa shape index (κ3) is 2.86. The Balaban J connectivity index is 2.37. The number of ether oxygens (including phenoxy) is 1. The lowest BCUT2D eigenvalue weighted by Gasteiger charge is -2.09. The second-order valence-corrected chi connectivity index (χ2v) is 4.34. The van der Waals surface area contributed by atoms with Gasteiger partial charge >= 0.3 is 0 Å². The first-order valence-electron chi connectivity index (χ1n) is 5.80. The molecule has 0 saturated heterocycles. The summed E-state index contributed by atoms with van der Waals surface area (Å²) >= 11 is 6.02. The number of aryl methyl sites for hydroxylation is 1. The zero-order valence-corrected chi connectivity index (χ0v) is 11.0. The molecule has 0 aliphatic carbocycles. The standard InChI is InChI=1S/C15H11ClFNO/c1-2-10-8-11(6-7-13(10)16)19-15-5-3-4-14(17)12(15)9-18/h3-8H,2H2,1H3. The van der Waals surface area contributed by atoms with Gasteiger partial charge in [0.1, 0.15) is 28.9 Å². The molecular weight excluding hydrogens is 265 g/mol. The van der Waals surface area contributed by atoms with Gasteiger partial charge in [0.15, 0.2) is 0 Å². The molecule has 2 aromatic rings. The van der Waals surface area contributed by atoms with Crippen LogP contribution in [0.3, 0.4) is 0 Å². The fourth-order valence-electron chi connectivity index (χ4n) is 1.71. The average molecular weight is 276 g/mol. The van der Waals surface area contributed by atoms with Crippen LogP contribution in [0, 0.1) is 17.1 Å². The smallest absolute Gasteiger partial charge is 0.148 e. The second kappa shape index (κ2) is 5.73. The predicted molar refractivity (Wildman–Crippen MR) is 72.0 cm³/mol. The highest BCUT2D eigenvalue weighted by Gasteiger charge is 2.10. The topological polar surface area (TPSA) is 33.0 Å². The number of hydrogen-bond donors (Lipinski definition) is 0. The summed E-state index contributed by atoms with van der Waals surface area (Å²) < 4.78 is 19.0. The van der Waals surface area contributed by atoms with Crippen LogP contribution in [0.15, 0.2) is 36.4 Å². The minimum absolute atomic E-state index is 0.101. The summed E-state index contributed by atoms with van der Waals surface area (Å²) in [6, 6.07) is 11.3. The Morgan fingerprint density at radius 3 is 2.79 bits per heavy atom. The Morgan fingerprint density at radius 1 is 1.32 bits per heavy atom. The van der Waals surface area contributed by atoms with Crippen molar-refractivity contribution in [2.24, 2.45) is 0 Å². The highest BCUT2D eigenvalue weighted by atomic mass is 35.5. The maximum absolute atomic E-state index is 13.4. The summed E-state index contributed by atoms with van der Waals surface area (Å²) in [7, 11) is 0. The first-order chi connectivity index (χ1) is 9.15. The molecule has 2 aromatic carbocycles. The van der Waals surface area contributed by atoms with Crippen molar-refractivity contribution in [1.29, 1.82) is 5.26 Å². The molecule has 0 unspecified atom stereocenters. The lowest BCUT2D eigenvalue weighted by molar-refractivity contribution is 0.474. The van der Waals surface area contributed by atoms with Gasteiger partial charge in [-0.2, -0.15) is 5.26 Å². The van der Waals surface area contributed by atoms with E-state index in [0.29, 0.717) is 10.8 Å². The lowest BCUT2D eigenvalue weighted by atomic mass is 10.1. The van der Waals surface area contributed by atoms with E-state index in [0.717, 1.165) is 12.0 Å². The number of rotatable bonds is 3. The zero-order valence-electron chi connectivity index (χ0n) is 10.3. The largest absolute Gasteiger partial charge is 0.456 e. The number of halogens is 2. The molecular formula is C15H11ClFNO. The Hall–Kier alpha value is -2.05. The molecule has 2 nitrogen and oxygen atoms in total. The van der Waals surface area contributed by atoms with Crippen LogP contribution in [0.5, 0.6) is 11.5 Å². The number of nitriles is 1. The quantitative estimate of drug-likeness (QED) is 0.813. The molecule has 0 bridgehead atoms. The van der Waals surface area contributed by atoms with Crippen LogP contribution >= 0.6 is 11.6 Å². The van der Waals surface area contributed by atoms with Crippen LogP contribution in [0.2, 0.25) is 5.02 Å². The van der Waals surface area contributed by atoms with Crippen LogP contribution < -0.4 is 4.74 Å². The van der Waals surface area contributed by atoms with E-state index in [1.165, 1.54) is 12.1 Å². The fourth-order valence-corrected chi connectivity index (χ4v) is 1.96. The van der Waals surface area contributed by atoms with E-state index < -0.39 is 5.82 Å². The molecule has 0 aliphatic heterocycles. The summed E-state index contributed by atoms with van der Waals surface area (Å²) in [4.78, 5) is 0. The summed E-state index contributed by atoms with van der Waals surface area (Å²) in [6.07, 6.45) is 0.768. The van der Waals surface area contributed by atoms with Crippen molar-refractivity contribution in [3.8, 4) is 17.6 Å². The monoisotopic (exact) mass is 275 g/mol. The molecule has 2 rings (SSSR count).